The van der Waals surface area contributed by atoms with E-state index >= 15 is 0 Å². The number of ether oxygens (including phenoxy) is 2. The van der Waals surface area contributed by atoms with E-state index in [0.717, 1.165) is 25.2 Å². The number of hydrogen-bond donors (Lipinski definition) is 1. The van der Waals surface area contributed by atoms with E-state index in [4.69, 9.17) is 14.6 Å². The van der Waals surface area contributed by atoms with E-state index in [-0.39, 0.29) is 6.61 Å². The molecule has 1 aliphatic heterocycles. The zero-order valence-corrected chi connectivity index (χ0v) is 10.3. The molecule has 1 N–H and O–H groups in total. The molecule has 0 aromatic heterocycles. The number of carboxylic acid groups (broad SMARTS) is 1. The maximum Gasteiger partial charge on any atom is 0.341 e. The number of aliphatic carboxylic acids is 1. The van der Waals surface area contributed by atoms with Crippen LogP contribution in [0.2, 0.25) is 0 Å². The van der Waals surface area contributed by atoms with Gasteiger partial charge in [0.15, 0.2) is 6.61 Å². The van der Waals surface area contributed by atoms with Gasteiger partial charge in [0.2, 0.25) is 0 Å². The van der Waals surface area contributed by atoms with Crippen molar-refractivity contribution in [1.82, 2.24) is 0 Å². The van der Waals surface area contributed by atoms with E-state index in [9.17, 15) is 4.79 Å². The van der Waals surface area contributed by atoms with Crippen molar-refractivity contribution < 1.29 is 19.4 Å². The van der Waals surface area contributed by atoms with Crippen LogP contribution in [0.5, 0.6) is 5.75 Å². The fraction of sp³-hybridized carbons (Fsp3) is 0.462. The molecule has 1 aliphatic rings. The summed E-state index contributed by atoms with van der Waals surface area (Å²) in [5.74, 6) is -0.398. The van der Waals surface area contributed by atoms with Crippen molar-refractivity contribution in [1.29, 1.82) is 0 Å². The van der Waals surface area contributed by atoms with Gasteiger partial charge in [-0.25, -0.2) is 4.79 Å². The Morgan fingerprint density at radius 2 is 2.17 bits per heavy atom. The van der Waals surface area contributed by atoms with Crippen LogP contribution >= 0.6 is 0 Å². The Labute approximate surface area is 106 Å². The summed E-state index contributed by atoms with van der Waals surface area (Å²) < 4.78 is 10.4. The van der Waals surface area contributed by atoms with Crippen LogP contribution in [0.3, 0.4) is 0 Å². The molecule has 0 spiro atoms. The summed E-state index contributed by atoms with van der Waals surface area (Å²) in [5.41, 5.74) is 1.11. The molecule has 5 nitrogen and oxygen atoms in total. The lowest BCUT2D eigenvalue weighted by Gasteiger charge is -2.18. The molecule has 1 aromatic carbocycles. The number of hydrogen-bond acceptors (Lipinski definition) is 4. The first-order valence-electron chi connectivity index (χ1n) is 5.91. The number of carboxylic acids is 1. The summed E-state index contributed by atoms with van der Waals surface area (Å²) in [6.45, 7) is 1.56. The molecule has 1 atom stereocenters. The predicted molar refractivity (Wildman–Crippen MR) is 67.2 cm³/mol. The lowest BCUT2D eigenvalue weighted by Crippen LogP contribution is -2.21. The van der Waals surface area contributed by atoms with E-state index in [0.29, 0.717) is 11.9 Å². The first-order chi connectivity index (χ1) is 8.69. The first kappa shape index (κ1) is 12.7. The Hall–Kier alpha value is -1.75. The normalized spacial score (nSPS) is 18.9. The third-order valence-electron chi connectivity index (χ3n) is 3.04. The van der Waals surface area contributed by atoms with Gasteiger partial charge in [0, 0.05) is 25.9 Å². The van der Waals surface area contributed by atoms with Crippen molar-refractivity contribution in [2.75, 3.05) is 31.7 Å². The minimum Gasteiger partial charge on any atom is -0.482 e. The van der Waals surface area contributed by atoms with E-state index in [2.05, 4.69) is 4.90 Å². The highest BCUT2D eigenvalue weighted by Crippen LogP contribution is 2.24. The lowest BCUT2D eigenvalue weighted by molar-refractivity contribution is -0.139. The quantitative estimate of drug-likeness (QED) is 0.856. The minimum absolute atomic E-state index is 0.299. The monoisotopic (exact) mass is 251 g/mol. The van der Waals surface area contributed by atoms with Gasteiger partial charge >= 0.3 is 5.97 Å². The summed E-state index contributed by atoms with van der Waals surface area (Å²) in [7, 11) is 1.73. The molecule has 1 fully saturated rings. The van der Waals surface area contributed by atoms with Gasteiger partial charge in [-0.2, -0.15) is 0 Å². The first-order valence-corrected chi connectivity index (χ1v) is 5.91. The van der Waals surface area contributed by atoms with Gasteiger partial charge in [0.25, 0.3) is 0 Å². The van der Waals surface area contributed by atoms with Crippen LogP contribution in [-0.2, 0) is 9.53 Å². The SMILES string of the molecule is COC1CCN(c2ccc(OCC(=O)O)cc2)C1. The van der Waals surface area contributed by atoms with Crippen molar-refractivity contribution in [3.05, 3.63) is 24.3 Å². The Kier molecular flexibility index (Phi) is 4.04. The molecule has 0 amide bonds. The van der Waals surface area contributed by atoms with Gasteiger partial charge in [-0.05, 0) is 30.7 Å². The van der Waals surface area contributed by atoms with Crippen LogP contribution < -0.4 is 9.64 Å². The highest BCUT2D eigenvalue weighted by molar-refractivity contribution is 5.68. The van der Waals surface area contributed by atoms with Crippen LogP contribution in [-0.4, -0.2) is 44.0 Å². The van der Waals surface area contributed by atoms with Crippen molar-refractivity contribution >= 4 is 11.7 Å². The van der Waals surface area contributed by atoms with Gasteiger partial charge < -0.3 is 19.5 Å². The van der Waals surface area contributed by atoms with Gasteiger partial charge in [-0.1, -0.05) is 0 Å². The maximum absolute atomic E-state index is 10.4. The molecule has 0 aliphatic carbocycles. The lowest BCUT2D eigenvalue weighted by atomic mass is 10.3. The molecule has 1 aromatic rings. The van der Waals surface area contributed by atoms with Crippen LogP contribution in [0.15, 0.2) is 24.3 Å². The number of carbonyl (C=O) groups is 1. The third-order valence-corrected chi connectivity index (χ3v) is 3.04. The van der Waals surface area contributed by atoms with Crippen LogP contribution in [0.1, 0.15) is 6.42 Å². The number of rotatable bonds is 5. The van der Waals surface area contributed by atoms with E-state index in [1.165, 1.54) is 0 Å². The van der Waals surface area contributed by atoms with Gasteiger partial charge in [-0.15, -0.1) is 0 Å². The molecule has 98 valence electrons. The molecular weight excluding hydrogens is 234 g/mol. The summed E-state index contributed by atoms with van der Waals surface area (Å²) >= 11 is 0. The van der Waals surface area contributed by atoms with Crippen LogP contribution in [0.25, 0.3) is 0 Å². The highest BCUT2D eigenvalue weighted by Gasteiger charge is 2.21. The van der Waals surface area contributed by atoms with Crippen molar-refractivity contribution in [3.8, 4) is 5.75 Å². The predicted octanol–water partition coefficient (Wildman–Crippen LogP) is 1.38. The van der Waals surface area contributed by atoms with Crippen molar-refractivity contribution in [2.45, 2.75) is 12.5 Å². The summed E-state index contributed by atoms with van der Waals surface area (Å²) in [6, 6.07) is 7.46. The molecule has 1 saturated heterocycles. The minimum atomic E-state index is -0.971. The summed E-state index contributed by atoms with van der Waals surface area (Å²) in [6.07, 6.45) is 1.33. The number of methoxy groups -OCH3 is 1. The maximum atomic E-state index is 10.4. The van der Waals surface area contributed by atoms with Crippen molar-refractivity contribution in [2.24, 2.45) is 0 Å². The molecule has 0 saturated carbocycles. The van der Waals surface area contributed by atoms with Gasteiger partial charge in [0.1, 0.15) is 5.75 Å². The zero-order chi connectivity index (χ0) is 13.0. The van der Waals surface area contributed by atoms with Crippen molar-refractivity contribution in [3.63, 3.8) is 0 Å². The fourth-order valence-electron chi connectivity index (χ4n) is 2.05. The molecule has 1 unspecified atom stereocenters. The molecular formula is C13H17NO4. The Morgan fingerprint density at radius 3 is 2.72 bits per heavy atom. The zero-order valence-electron chi connectivity index (χ0n) is 10.3. The second-order valence-corrected chi connectivity index (χ2v) is 4.27. The second-order valence-electron chi connectivity index (χ2n) is 4.27. The van der Waals surface area contributed by atoms with Crippen LogP contribution in [0.4, 0.5) is 5.69 Å². The molecule has 0 radical (unpaired) electrons. The molecule has 0 bridgehead atoms. The highest BCUT2D eigenvalue weighted by atomic mass is 16.5. The van der Waals surface area contributed by atoms with Gasteiger partial charge in [0.05, 0.1) is 6.10 Å². The second kappa shape index (κ2) is 5.73. The molecule has 18 heavy (non-hydrogen) atoms. The number of benzene rings is 1. The average molecular weight is 251 g/mol. The smallest absolute Gasteiger partial charge is 0.341 e. The summed E-state index contributed by atoms with van der Waals surface area (Å²) in [5, 5.41) is 8.51. The van der Waals surface area contributed by atoms with Gasteiger partial charge in [-0.3, -0.25) is 0 Å². The third kappa shape index (κ3) is 3.13. The Bertz CT molecular complexity index is 404. The fourth-order valence-corrected chi connectivity index (χ4v) is 2.05. The van der Waals surface area contributed by atoms with E-state index < -0.39 is 5.97 Å². The van der Waals surface area contributed by atoms with Crippen LogP contribution in [0, 0.1) is 0 Å². The molecule has 5 heteroatoms. The van der Waals surface area contributed by atoms with E-state index in [1.54, 1.807) is 19.2 Å². The Balaban J connectivity index is 1.93. The van der Waals surface area contributed by atoms with E-state index in [1.807, 2.05) is 12.1 Å². The average Bonchev–Trinajstić information content (AvgIpc) is 2.85. The molecule has 2 rings (SSSR count). The Morgan fingerprint density at radius 1 is 1.44 bits per heavy atom. The molecule has 1 heterocycles. The number of anilines is 1. The number of nitrogens with zero attached hydrogens (tertiary/aromatic N) is 1. The largest absolute Gasteiger partial charge is 0.482 e. The summed E-state index contributed by atoms with van der Waals surface area (Å²) in [4.78, 5) is 12.6. The topological polar surface area (TPSA) is 59.0 Å². The standard InChI is InChI=1S/C13H17NO4/c1-17-12-6-7-14(8-12)10-2-4-11(5-3-10)18-9-13(15)16/h2-5,12H,6-9H2,1H3,(H,15,16).